The second kappa shape index (κ2) is 7.02. The van der Waals surface area contributed by atoms with Gasteiger partial charge in [0.05, 0.1) is 17.9 Å². The van der Waals surface area contributed by atoms with E-state index in [9.17, 15) is 14.2 Å². The van der Waals surface area contributed by atoms with Gasteiger partial charge in [-0.1, -0.05) is 13.8 Å². The number of ether oxygens (including phenoxy) is 1. The lowest BCUT2D eigenvalue weighted by molar-refractivity contribution is -0.149. The molecule has 1 saturated carbocycles. The van der Waals surface area contributed by atoms with E-state index in [1.807, 2.05) is 0 Å². The van der Waals surface area contributed by atoms with E-state index in [0.717, 1.165) is 5.57 Å². The Bertz CT molecular complexity index is 700. The molecule has 2 N–H and O–H groups in total. The smallest absolute Gasteiger partial charge is 0.353 e. The molecule has 1 atom stereocenters. The van der Waals surface area contributed by atoms with Gasteiger partial charge in [0.1, 0.15) is 12.4 Å². The minimum atomic E-state index is -0.553. The van der Waals surface area contributed by atoms with Gasteiger partial charge >= 0.3 is 20.3 Å². The van der Waals surface area contributed by atoms with Crippen molar-refractivity contribution in [2.45, 2.75) is 20.3 Å². The summed E-state index contributed by atoms with van der Waals surface area (Å²) in [5, 5.41) is 0. The van der Waals surface area contributed by atoms with Crippen LogP contribution in [0, 0.1) is 11.3 Å². The Morgan fingerprint density at radius 1 is 1.57 bits per heavy atom. The van der Waals surface area contributed by atoms with E-state index in [0.29, 0.717) is 6.42 Å². The van der Waals surface area contributed by atoms with Crippen LogP contribution in [-0.2, 0) is 18.6 Å². The Labute approximate surface area is 134 Å². The molecule has 1 fully saturated rings. The first-order valence-corrected chi connectivity index (χ1v) is 7.78. The van der Waals surface area contributed by atoms with Crippen LogP contribution in [0.2, 0.25) is 0 Å². The van der Waals surface area contributed by atoms with Crippen molar-refractivity contribution in [2.24, 2.45) is 11.3 Å². The van der Waals surface area contributed by atoms with Gasteiger partial charge in [0.25, 0.3) is 0 Å². The Morgan fingerprint density at radius 3 is 2.91 bits per heavy atom. The van der Waals surface area contributed by atoms with Crippen LogP contribution in [0.1, 0.15) is 20.3 Å². The zero-order valence-corrected chi connectivity index (χ0v) is 13.8. The van der Waals surface area contributed by atoms with Gasteiger partial charge in [0.15, 0.2) is 0 Å². The Kier molecular flexibility index (Phi) is 5.28. The fourth-order valence-electron chi connectivity index (χ4n) is 2.05. The third kappa shape index (κ3) is 4.24. The molecule has 1 aromatic heterocycles. The summed E-state index contributed by atoms with van der Waals surface area (Å²) in [6, 6.07) is 1.51. The maximum Gasteiger partial charge on any atom is 0.353 e. The SMILES string of the molecule is CC(C)C(=O)OCC1(COP=O)C/C1=C/n1ccc(N)nc1=O. The van der Waals surface area contributed by atoms with E-state index in [2.05, 4.69) is 4.98 Å². The summed E-state index contributed by atoms with van der Waals surface area (Å²) in [6.45, 7) is 3.73. The number of anilines is 1. The van der Waals surface area contributed by atoms with Crippen molar-refractivity contribution in [3.8, 4) is 0 Å². The van der Waals surface area contributed by atoms with Crippen LogP contribution < -0.4 is 11.4 Å². The molecule has 1 aliphatic rings. The number of esters is 1. The van der Waals surface area contributed by atoms with Gasteiger partial charge in [-0.05, 0) is 18.1 Å². The highest BCUT2D eigenvalue weighted by atomic mass is 31.1. The van der Waals surface area contributed by atoms with Crippen molar-refractivity contribution in [3.05, 3.63) is 28.3 Å². The van der Waals surface area contributed by atoms with Crippen LogP contribution in [0.25, 0.3) is 6.20 Å². The number of carbonyl (C=O) groups is 1. The molecule has 23 heavy (non-hydrogen) atoms. The molecule has 9 heteroatoms. The largest absolute Gasteiger partial charge is 0.464 e. The van der Waals surface area contributed by atoms with Crippen LogP contribution >= 0.6 is 8.69 Å². The van der Waals surface area contributed by atoms with E-state index < -0.39 is 19.8 Å². The molecule has 1 aliphatic carbocycles. The highest BCUT2D eigenvalue weighted by molar-refractivity contribution is 7.17. The van der Waals surface area contributed by atoms with Crippen LogP contribution in [-0.4, -0.2) is 28.7 Å². The summed E-state index contributed by atoms with van der Waals surface area (Å²) in [4.78, 5) is 27.0. The summed E-state index contributed by atoms with van der Waals surface area (Å²) in [5.74, 6) is -0.409. The zero-order valence-electron chi connectivity index (χ0n) is 12.9. The molecule has 1 heterocycles. The average Bonchev–Trinajstić information content (AvgIpc) is 3.18. The van der Waals surface area contributed by atoms with E-state index in [4.69, 9.17) is 15.0 Å². The summed E-state index contributed by atoms with van der Waals surface area (Å²) < 4.78 is 22.0. The monoisotopic (exact) mass is 339 g/mol. The number of hydrogen-bond donors (Lipinski definition) is 1. The van der Waals surface area contributed by atoms with Crippen LogP contribution in [0.3, 0.4) is 0 Å². The number of carbonyl (C=O) groups excluding carboxylic acids is 1. The first kappa shape index (κ1) is 17.3. The first-order valence-electron chi connectivity index (χ1n) is 7.05. The Balaban J connectivity index is 2.15. The van der Waals surface area contributed by atoms with Gasteiger partial charge in [-0.25, -0.2) is 9.36 Å². The van der Waals surface area contributed by atoms with E-state index in [1.165, 1.54) is 16.8 Å². The van der Waals surface area contributed by atoms with Gasteiger partial charge in [-0.15, -0.1) is 0 Å². The number of aromatic nitrogens is 2. The Hall–Kier alpha value is -2.05. The number of rotatable bonds is 7. The van der Waals surface area contributed by atoms with Crippen molar-refractivity contribution in [3.63, 3.8) is 0 Å². The van der Waals surface area contributed by atoms with E-state index in [1.54, 1.807) is 20.0 Å². The number of nitrogens with zero attached hydrogens (tertiary/aromatic N) is 2. The molecule has 2 rings (SSSR count). The summed E-state index contributed by atoms with van der Waals surface area (Å²) in [7, 11) is -0.444. The molecule has 0 bridgehead atoms. The van der Waals surface area contributed by atoms with Crippen molar-refractivity contribution in [2.75, 3.05) is 18.9 Å². The molecule has 0 radical (unpaired) electrons. The van der Waals surface area contributed by atoms with Crippen LogP contribution in [0.5, 0.6) is 0 Å². The second-order valence-electron chi connectivity index (χ2n) is 5.76. The third-order valence-corrected chi connectivity index (χ3v) is 3.82. The molecule has 0 aliphatic heterocycles. The molecule has 0 amide bonds. The molecule has 1 unspecified atom stereocenters. The van der Waals surface area contributed by atoms with Gasteiger partial charge in [-0.2, -0.15) is 4.98 Å². The van der Waals surface area contributed by atoms with Gasteiger partial charge in [0, 0.05) is 12.4 Å². The summed E-state index contributed by atoms with van der Waals surface area (Å²) in [5.41, 5.74) is 5.24. The Morgan fingerprint density at radius 2 is 2.30 bits per heavy atom. The second-order valence-corrected chi connectivity index (χ2v) is 6.17. The van der Waals surface area contributed by atoms with E-state index in [-0.39, 0.29) is 30.9 Å². The van der Waals surface area contributed by atoms with Crippen molar-refractivity contribution < 1.29 is 18.6 Å². The minimum absolute atomic E-state index is 0.114. The topological polar surface area (TPSA) is 114 Å². The molecule has 0 aromatic carbocycles. The van der Waals surface area contributed by atoms with Gasteiger partial charge in [0.2, 0.25) is 0 Å². The predicted molar refractivity (Wildman–Crippen MR) is 83.6 cm³/mol. The maximum absolute atomic E-state index is 11.7. The quantitative estimate of drug-likeness (QED) is 0.591. The van der Waals surface area contributed by atoms with Crippen molar-refractivity contribution >= 4 is 26.7 Å². The number of hydrogen-bond acceptors (Lipinski definition) is 7. The summed E-state index contributed by atoms with van der Waals surface area (Å²) >= 11 is 0. The standard InChI is InChI=1S/C14H18N3O5P/c1-9(2)12(18)21-7-14(8-22-23-20)5-10(14)6-17-4-3-11(15)16-13(17)19/h3-4,6,9H,5,7-8H2,1-2H3,(H2,15,16,19)/b10-6-. The molecular formula is C14H18N3O5P. The molecule has 124 valence electrons. The normalized spacial score (nSPS) is 21.8. The highest BCUT2D eigenvalue weighted by Gasteiger charge is 2.51. The zero-order chi connectivity index (χ0) is 17.0. The van der Waals surface area contributed by atoms with Crippen molar-refractivity contribution in [1.82, 2.24) is 9.55 Å². The molecule has 8 nitrogen and oxygen atoms in total. The number of nitrogens with two attached hydrogens (primary N) is 1. The van der Waals surface area contributed by atoms with Gasteiger partial charge < -0.3 is 10.5 Å². The number of nitrogen functional groups attached to an aromatic ring is 1. The lowest BCUT2D eigenvalue weighted by atomic mass is 10.1. The lowest BCUT2D eigenvalue weighted by Crippen LogP contribution is -2.22. The molecule has 1 aromatic rings. The lowest BCUT2D eigenvalue weighted by Gasteiger charge is -2.14. The average molecular weight is 339 g/mol. The maximum atomic E-state index is 11.7. The molecule has 0 saturated heterocycles. The van der Waals surface area contributed by atoms with Crippen LogP contribution in [0.4, 0.5) is 5.82 Å². The summed E-state index contributed by atoms with van der Waals surface area (Å²) in [6.07, 6.45) is 3.70. The van der Waals surface area contributed by atoms with E-state index >= 15 is 0 Å². The predicted octanol–water partition coefficient (Wildman–Crippen LogP) is 1.48. The first-order chi connectivity index (χ1) is 10.9. The molecule has 0 spiro atoms. The molecular weight excluding hydrogens is 321 g/mol. The third-order valence-electron chi connectivity index (χ3n) is 3.59. The minimum Gasteiger partial charge on any atom is -0.464 e. The van der Waals surface area contributed by atoms with Gasteiger partial charge in [-0.3, -0.25) is 13.9 Å². The fourth-order valence-corrected chi connectivity index (χ4v) is 2.35. The van der Waals surface area contributed by atoms with Crippen molar-refractivity contribution in [1.29, 1.82) is 0 Å². The van der Waals surface area contributed by atoms with Crippen LogP contribution in [0.15, 0.2) is 22.6 Å². The fraction of sp³-hybridized carbons (Fsp3) is 0.500. The highest BCUT2D eigenvalue weighted by Crippen LogP contribution is 2.53.